The molecule has 7 nitrogen and oxygen atoms in total. The lowest BCUT2D eigenvalue weighted by Crippen LogP contribution is -2.48. The molecule has 0 spiro atoms. The molecule has 1 heterocycles. The Morgan fingerprint density at radius 3 is 2.15 bits per heavy atom. The SMILES string of the molecule is CC(C)C1(C(=O)O)CCN(C(=O)[C@@H](C)NC(=O)OCC2c3ccccc3-c3ccccc32)C1. The van der Waals surface area contributed by atoms with Gasteiger partial charge in [-0.05, 0) is 41.5 Å². The van der Waals surface area contributed by atoms with Crippen molar-refractivity contribution in [3.63, 3.8) is 0 Å². The van der Waals surface area contributed by atoms with Crippen LogP contribution in [0.25, 0.3) is 11.1 Å². The predicted octanol–water partition coefficient (Wildman–Crippen LogP) is 3.87. The first-order valence-electron chi connectivity index (χ1n) is 11.4. The van der Waals surface area contributed by atoms with Crippen LogP contribution in [-0.4, -0.2) is 53.7 Å². The summed E-state index contributed by atoms with van der Waals surface area (Å²) < 4.78 is 5.53. The molecular weight excluding hydrogens is 420 g/mol. The van der Waals surface area contributed by atoms with Gasteiger partial charge in [-0.25, -0.2) is 4.79 Å². The van der Waals surface area contributed by atoms with Crippen molar-refractivity contribution >= 4 is 18.0 Å². The van der Waals surface area contributed by atoms with E-state index in [1.54, 1.807) is 6.92 Å². The Labute approximate surface area is 193 Å². The van der Waals surface area contributed by atoms with E-state index in [0.29, 0.717) is 13.0 Å². The third-order valence-electron chi connectivity index (χ3n) is 7.19. The van der Waals surface area contributed by atoms with Crippen LogP contribution in [0.5, 0.6) is 0 Å². The molecule has 7 heteroatoms. The maximum atomic E-state index is 12.9. The van der Waals surface area contributed by atoms with E-state index < -0.39 is 23.5 Å². The van der Waals surface area contributed by atoms with Crippen LogP contribution >= 0.6 is 0 Å². The summed E-state index contributed by atoms with van der Waals surface area (Å²) in [5.41, 5.74) is 3.58. The average Bonchev–Trinajstić information content (AvgIpc) is 3.38. The van der Waals surface area contributed by atoms with Crippen molar-refractivity contribution in [2.45, 2.75) is 39.2 Å². The molecule has 33 heavy (non-hydrogen) atoms. The molecule has 2 amide bonds. The van der Waals surface area contributed by atoms with Crippen molar-refractivity contribution in [3.05, 3.63) is 59.7 Å². The zero-order valence-corrected chi connectivity index (χ0v) is 19.2. The van der Waals surface area contributed by atoms with E-state index in [9.17, 15) is 19.5 Å². The first-order chi connectivity index (χ1) is 15.7. The van der Waals surface area contributed by atoms with E-state index in [2.05, 4.69) is 17.4 Å². The Balaban J connectivity index is 1.36. The number of alkyl carbamates (subject to hydrolysis) is 1. The summed E-state index contributed by atoms with van der Waals surface area (Å²) in [6.07, 6.45) is -0.256. The second kappa shape index (κ2) is 8.89. The van der Waals surface area contributed by atoms with Crippen molar-refractivity contribution in [1.82, 2.24) is 10.2 Å². The van der Waals surface area contributed by atoms with Gasteiger partial charge < -0.3 is 20.1 Å². The topological polar surface area (TPSA) is 95.9 Å². The highest BCUT2D eigenvalue weighted by Gasteiger charge is 2.49. The number of nitrogens with zero attached hydrogens (tertiary/aromatic N) is 1. The van der Waals surface area contributed by atoms with Gasteiger partial charge in [-0.15, -0.1) is 0 Å². The lowest BCUT2D eigenvalue weighted by atomic mass is 9.76. The number of aliphatic carboxylic acids is 1. The second-order valence-corrected chi connectivity index (χ2v) is 9.32. The standard InChI is InChI=1S/C26H30N2O5/c1-16(2)26(24(30)31)12-13-28(15-26)23(29)17(3)27-25(32)33-14-22-20-10-6-4-8-18(20)19-9-5-7-11-21(19)22/h4-11,16-17,22H,12-15H2,1-3H3,(H,27,32)(H,30,31)/t17-,26?/m1/s1. The molecule has 4 rings (SSSR count). The van der Waals surface area contributed by atoms with Gasteiger partial charge in [-0.3, -0.25) is 9.59 Å². The average molecular weight is 451 g/mol. The normalized spacial score (nSPS) is 20.3. The van der Waals surface area contributed by atoms with Gasteiger partial charge >= 0.3 is 12.1 Å². The van der Waals surface area contributed by atoms with Crippen molar-refractivity contribution in [3.8, 4) is 11.1 Å². The molecule has 1 unspecified atom stereocenters. The summed E-state index contributed by atoms with van der Waals surface area (Å²) in [6.45, 7) is 6.00. The van der Waals surface area contributed by atoms with Crippen molar-refractivity contribution in [2.24, 2.45) is 11.3 Å². The van der Waals surface area contributed by atoms with Crippen LogP contribution in [0.2, 0.25) is 0 Å². The smallest absolute Gasteiger partial charge is 0.407 e. The number of carboxylic acid groups (broad SMARTS) is 1. The van der Waals surface area contributed by atoms with E-state index in [0.717, 1.165) is 22.3 Å². The zero-order valence-electron chi connectivity index (χ0n) is 19.2. The van der Waals surface area contributed by atoms with Crippen LogP contribution in [-0.2, 0) is 14.3 Å². The Kier molecular flexibility index (Phi) is 6.15. The zero-order chi connectivity index (χ0) is 23.8. The molecule has 174 valence electrons. The van der Waals surface area contributed by atoms with Crippen LogP contribution in [0.3, 0.4) is 0 Å². The predicted molar refractivity (Wildman–Crippen MR) is 124 cm³/mol. The Hall–Kier alpha value is -3.35. The molecule has 0 aromatic heterocycles. The van der Waals surface area contributed by atoms with E-state index in [-0.39, 0.29) is 30.9 Å². The molecule has 1 saturated heterocycles. The van der Waals surface area contributed by atoms with Gasteiger partial charge in [0, 0.05) is 19.0 Å². The first-order valence-corrected chi connectivity index (χ1v) is 11.4. The van der Waals surface area contributed by atoms with Gasteiger partial charge in [0.1, 0.15) is 12.6 Å². The highest BCUT2D eigenvalue weighted by atomic mass is 16.5. The second-order valence-electron chi connectivity index (χ2n) is 9.32. The highest BCUT2D eigenvalue weighted by Crippen LogP contribution is 2.44. The summed E-state index contributed by atoms with van der Waals surface area (Å²) in [6, 6.07) is 15.4. The molecule has 2 aromatic rings. The minimum atomic E-state index is -0.945. The summed E-state index contributed by atoms with van der Waals surface area (Å²) in [5.74, 6) is -1.34. The Bertz CT molecular complexity index is 1040. The minimum Gasteiger partial charge on any atom is -0.481 e. The number of carboxylic acids is 1. The molecule has 2 N–H and O–H groups in total. The van der Waals surface area contributed by atoms with Crippen molar-refractivity contribution in [1.29, 1.82) is 0 Å². The van der Waals surface area contributed by atoms with E-state index in [1.807, 2.05) is 50.2 Å². The number of rotatable bonds is 6. The van der Waals surface area contributed by atoms with Crippen LogP contribution in [0, 0.1) is 11.3 Å². The van der Waals surface area contributed by atoms with Gasteiger partial charge in [-0.1, -0.05) is 62.4 Å². The third-order valence-corrected chi connectivity index (χ3v) is 7.19. The largest absolute Gasteiger partial charge is 0.481 e. The lowest BCUT2D eigenvalue weighted by molar-refractivity contribution is -0.151. The van der Waals surface area contributed by atoms with Gasteiger partial charge in [0.05, 0.1) is 5.41 Å². The fourth-order valence-corrected chi connectivity index (χ4v) is 5.07. The number of ether oxygens (including phenoxy) is 1. The number of likely N-dealkylation sites (tertiary alicyclic amines) is 1. The van der Waals surface area contributed by atoms with Crippen molar-refractivity contribution in [2.75, 3.05) is 19.7 Å². The molecule has 0 bridgehead atoms. The van der Waals surface area contributed by atoms with E-state index in [4.69, 9.17) is 4.74 Å². The van der Waals surface area contributed by atoms with Gasteiger partial charge in [-0.2, -0.15) is 0 Å². The number of fused-ring (bicyclic) bond motifs is 3. The van der Waals surface area contributed by atoms with E-state index in [1.165, 1.54) is 4.90 Å². The Morgan fingerprint density at radius 1 is 1.06 bits per heavy atom. The van der Waals surface area contributed by atoms with Crippen molar-refractivity contribution < 1.29 is 24.2 Å². The Morgan fingerprint density at radius 2 is 1.64 bits per heavy atom. The van der Waals surface area contributed by atoms with Crippen LogP contribution in [0.1, 0.15) is 44.2 Å². The summed E-state index contributed by atoms with van der Waals surface area (Å²) in [4.78, 5) is 38.7. The molecule has 2 atom stereocenters. The lowest BCUT2D eigenvalue weighted by Gasteiger charge is -2.29. The first kappa shape index (κ1) is 22.8. The number of nitrogens with one attached hydrogen (secondary N) is 1. The van der Waals surface area contributed by atoms with Gasteiger partial charge in [0.25, 0.3) is 0 Å². The number of benzene rings is 2. The van der Waals surface area contributed by atoms with Crippen LogP contribution < -0.4 is 5.32 Å². The molecular formula is C26H30N2O5. The van der Waals surface area contributed by atoms with Crippen LogP contribution in [0.15, 0.2) is 48.5 Å². The fraction of sp³-hybridized carbons (Fsp3) is 0.423. The minimum absolute atomic E-state index is 0.0602. The maximum Gasteiger partial charge on any atom is 0.407 e. The fourth-order valence-electron chi connectivity index (χ4n) is 5.07. The summed E-state index contributed by atoms with van der Waals surface area (Å²) in [5, 5.41) is 12.3. The molecule has 1 aliphatic heterocycles. The van der Waals surface area contributed by atoms with Gasteiger partial charge in [0.2, 0.25) is 5.91 Å². The molecule has 1 aliphatic carbocycles. The third kappa shape index (κ3) is 4.08. The monoisotopic (exact) mass is 450 g/mol. The number of amides is 2. The summed E-state index contributed by atoms with van der Waals surface area (Å²) in [7, 11) is 0. The van der Waals surface area contributed by atoms with Crippen LogP contribution in [0.4, 0.5) is 4.79 Å². The molecule has 2 aliphatic rings. The number of hydrogen-bond acceptors (Lipinski definition) is 4. The van der Waals surface area contributed by atoms with Gasteiger partial charge in [0.15, 0.2) is 0 Å². The number of carbonyl (C=O) groups is 3. The molecule has 0 saturated carbocycles. The van der Waals surface area contributed by atoms with E-state index >= 15 is 0 Å². The quantitative estimate of drug-likeness (QED) is 0.697. The molecule has 0 radical (unpaired) electrons. The summed E-state index contributed by atoms with van der Waals surface area (Å²) >= 11 is 0. The maximum absolute atomic E-state index is 12.9. The molecule has 1 fully saturated rings. The highest BCUT2D eigenvalue weighted by molar-refractivity contribution is 5.87. The number of hydrogen-bond donors (Lipinski definition) is 2. The number of carbonyl (C=O) groups excluding carboxylic acids is 2. The molecule has 2 aromatic carbocycles.